The van der Waals surface area contributed by atoms with Gasteiger partial charge in [-0.2, -0.15) is 5.10 Å². The van der Waals surface area contributed by atoms with E-state index in [0.717, 1.165) is 42.8 Å². The summed E-state index contributed by atoms with van der Waals surface area (Å²) in [6.45, 7) is 1.46. The lowest BCUT2D eigenvalue weighted by molar-refractivity contribution is -0.131. The zero-order valence-electron chi connectivity index (χ0n) is 13.8. The molecule has 4 rings (SSSR count). The third-order valence-corrected chi connectivity index (χ3v) is 4.85. The van der Waals surface area contributed by atoms with Crippen LogP contribution in [0.5, 0.6) is 0 Å². The summed E-state index contributed by atoms with van der Waals surface area (Å²) in [5.74, 6) is 0.198. The molecular formula is C19H19FN4O. The van der Waals surface area contributed by atoms with Crippen molar-refractivity contribution in [3.63, 3.8) is 0 Å². The molecule has 0 radical (unpaired) electrons. The maximum atomic E-state index is 13.0. The first-order valence-electron chi connectivity index (χ1n) is 8.51. The molecule has 6 heteroatoms. The van der Waals surface area contributed by atoms with Gasteiger partial charge in [-0.1, -0.05) is 12.1 Å². The summed E-state index contributed by atoms with van der Waals surface area (Å²) in [5, 5.41) is 4.35. The van der Waals surface area contributed by atoms with Crippen molar-refractivity contribution in [1.29, 1.82) is 0 Å². The van der Waals surface area contributed by atoms with E-state index in [4.69, 9.17) is 0 Å². The van der Waals surface area contributed by atoms with Crippen LogP contribution in [0, 0.1) is 5.82 Å². The van der Waals surface area contributed by atoms with Gasteiger partial charge in [-0.05, 0) is 36.6 Å². The number of halogens is 1. The molecule has 1 aliphatic rings. The van der Waals surface area contributed by atoms with Gasteiger partial charge in [0.1, 0.15) is 5.82 Å². The van der Waals surface area contributed by atoms with Crippen molar-refractivity contribution in [2.75, 3.05) is 13.1 Å². The van der Waals surface area contributed by atoms with Crippen LogP contribution in [-0.2, 0) is 11.2 Å². The molecule has 0 aliphatic carbocycles. The Morgan fingerprint density at radius 3 is 2.60 bits per heavy atom. The summed E-state index contributed by atoms with van der Waals surface area (Å²) in [6, 6.07) is 10.0. The van der Waals surface area contributed by atoms with Crippen molar-refractivity contribution in [1.82, 2.24) is 19.5 Å². The topological polar surface area (TPSA) is 50.5 Å². The molecular weight excluding hydrogens is 319 g/mol. The van der Waals surface area contributed by atoms with Gasteiger partial charge >= 0.3 is 0 Å². The molecule has 0 atom stereocenters. The third kappa shape index (κ3) is 3.24. The van der Waals surface area contributed by atoms with Crippen LogP contribution in [0.3, 0.4) is 0 Å². The van der Waals surface area contributed by atoms with Crippen LogP contribution >= 0.6 is 0 Å². The SMILES string of the molecule is O=C(Cc1ccc(F)cc1)N1CCC(c2ccnc3ccnn23)CC1. The molecule has 3 aromatic rings. The van der Waals surface area contributed by atoms with Crippen molar-refractivity contribution in [3.8, 4) is 0 Å². The molecule has 1 amide bonds. The van der Waals surface area contributed by atoms with Crippen LogP contribution in [0.15, 0.2) is 48.8 Å². The summed E-state index contributed by atoms with van der Waals surface area (Å²) in [4.78, 5) is 18.7. The average Bonchev–Trinajstić information content (AvgIpc) is 3.12. The van der Waals surface area contributed by atoms with E-state index in [2.05, 4.69) is 10.1 Å². The number of nitrogens with zero attached hydrogens (tertiary/aromatic N) is 4. The highest BCUT2D eigenvalue weighted by Crippen LogP contribution is 2.28. The van der Waals surface area contributed by atoms with Gasteiger partial charge in [0.05, 0.1) is 12.6 Å². The molecule has 0 spiro atoms. The number of rotatable bonds is 3. The predicted molar refractivity (Wildman–Crippen MR) is 91.6 cm³/mol. The van der Waals surface area contributed by atoms with E-state index in [1.165, 1.54) is 12.1 Å². The van der Waals surface area contributed by atoms with E-state index < -0.39 is 0 Å². The van der Waals surface area contributed by atoms with Gasteiger partial charge in [0.15, 0.2) is 5.65 Å². The number of benzene rings is 1. The third-order valence-electron chi connectivity index (χ3n) is 4.85. The fraction of sp³-hybridized carbons (Fsp3) is 0.316. The molecule has 0 saturated carbocycles. The van der Waals surface area contributed by atoms with Crippen LogP contribution in [0.4, 0.5) is 4.39 Å². The average molecular weight is 338 g/mol. The number of amides is 1. The summed E-state index contributed by atoms with van der Waals surface area (Å²) < 4.78 is 14.9. The number of hydrogen-bond donors (Lipinski definition) is 0. The second-order valence-corrected chi connectivity index (χ2v) is 6.43. The number of carbonyl (C=O) groups is 1. The van der Waals surface area contributed by atoms with E-state index in [1.807, 2.05) is 27.7 Å². The molecule has 0 unspecified atom stereocenters. The van der Waals surface area contributed by atoms with Crippen molar-refractivity contribution in [3.05, 3.63) is 65.9 Å². The number of likely N-dealkylation sites (tertiary alicyclic amines) is 1. The van der Waals surface area contributed by atoms with Crippen molar-refractivity contribution in [2.24, 2.45) is 0 Å². The zero-order chi connectivity index (χ0) is 17.2. The van der Waals surface area contributed by atoms with Gasteiger partial charge in [-0.15, -0.1) is 0 Å². The first-order valence-corrected chi connectivity index (χ1v) is 8.51. The molecule has 1 aromatic carbocycles. The molecule has 2 aromatic heterocycles. The molecule has 1 fully saturated rings. The summed E-state index contributed by atoms with van der Waals surface area (Å²) in [6.07, 6.45) is 5.72. The monoisotopic (exact) mass is 338 g/mol. The Hall–Kier alpha value is -2.76. The van der Waals surface area contributed by atoms with Crippen LogP contribution in [0.2, 0.25) is 0 Å². The minimum Gasteiger partial charge on any atom is -0.342 e. The number of hydrogen-bond acceptors (Lipinski definition) is 3. The minimum atomic E-state index is -0.278. The molecule has 1 saturated heterocycles. The quantitative estimate of drug-likeness (QED) is 0.738. The smallest absolute Gasteiger partial charge is 0.226 e. The van der Waals surface area contributed by atoms with Crippen molar-refractivity contribution < 1.29 is 9.18 Å². The summed E-state index contributed by atoms with van der Waals surface area (Å²) >= 11 is 0. The number of fused-ring (bicyclic) bond motifs is 1. The summed E-state index contributed by atoms with van der Waals surface area (Å²) in [5.41, 5.74) is 2.86. The maximum absolute atomic E-state index is 13.0. The zero-order valence-corrected chi connectivity index (χ0v) is 13.8. The lowest BCUT2D eigenvalue weighted by atomic mass is 9.93. The molecule has 5 nitrogen and oxygen atoms in total. The first-order chi connectivity index (χ1) is 12.2. The van der Waals surface area contributed by atoms with Gasteiger partial charge in [0, 0.05) is 37.0 Å². The van der Waals surface area contributed by atoms with Crippen LogP contribution in [-0.4, -0.2) is 38.5 Å². The predicted octanol–water partition coefficient (Wildman–Crippen LogP) is 2.82. The minimum absolute atomic E-state index is 0.101. The highest BCUT2D eigenvalue weighted by molar-refractivity contribution is 5.78. The largest absolute Gasteiger partial charge is 0.342 e. The van der Waals surface area contributed by atoms with Gasteiger partial charge < -0.3 is 4.90 Å². The Labute approximate surface area is 145 Å². The van der Waals surface area contributed by atoms with Crippen LogP contribution in [0.1, 0.15) is 30.0 Å². The van der Waals surface area contributed by atoms with E-state index >= 15 is 0 Å². The van der Waals surface area contributed by atoms with Gasteiger partial charge in [-0.25, -0.2) is 13.9 Å². The number of aromatic nitrogens is 3. The first kappa shape index (κ1) is 15.7. The van der Waals surface area contributed by atoms with Gasteiger partial charge in [-0.3, -0.25) is 4.79 Å². The fourth-order valence-corrected chi connectivity index (χ4v) is 3.48. The second-order valence-electron chi connectivity index (χ2n) is 6.43. The highest BCUT2D eigenvalue weighted by Gasteiger charge is 2.25. The second kappa shape index (κ2) is 6.63. The highest BCUT2D eigenvalue weighted by atomic mass is 19.1. The Morgan fingerprint density at radius 1 is 1.08 bits per heavy atom. The van der Waals surface area contributed by atoms with Crippen LogP contribution in [0.25, 0.3) is 5.65 Å². The van der Waals surface area contributed by atoms with Gasteiger partial charge in [0.25, 0.3) is 0 Å². The fourth-order valence-electron chi connectivity index (χ4n) is 3.48. The molecule has 1 aliphatic heterocycles. The van der Waals surface area contributed by atoms with Crippen molar-refractivity contribution in [2.45, 2.75) is 25.2 Å². The Bertz CT molecular complexity index is 882. The summed E-state index contributed by atoms with van der Waals surface area (Å²) in [7, 11) is 0. The lowest BCUT2D eigenvalue weighted by Gasteiger charge is -2.32. The molecule has 3 heterocycles. The standard InChI is InChI=1S/C19H19FN4O/c20-16-3-1-14(2-4-16)13-19(25)23-11-7-15(8-12-23)17-5-9-21-18-6-10-22-24(17)18/h1-6,9-10,15H,7-8,11-13H2. The van der Waals surface area contributed by atoms with Gasteiger partial charge in [0.2, 0.25) is 5.91 Å². The van der Waals surface area contributed by atoms with E-state index in [1.54, 1.807) is 18.3 Å². The Balaban J connectivity index is 1.40. The maximum Gasteiger partial charge on any atom is 0.226 e. The van der Waals surface area contributed by atoms with Crippen LogP contribution < -0.4 is 0 Å². The van der Waals surface area contributed by atoms with Crippen molar-refractivity contribution >= 4 is 11.6 Å². The van der Waals surface area contributed by atoms with E-state index in [-0.39, 0.29) is 11.7 Å². The molecule has 25 heavy (non-hydrogen) atoms. The Morgan fingerprint density at radius 2 is 1.84 bits per heavy atom. The number of carbonyl (C=O) groups excluding carboxylic acids is 1. The molecule has 0 bridgehead atoms. The number of piperidine rings is 1. The normalized spacial score (nSPS) is 15.6. The lowest BCUT2D eigenvalue weighted by Crippen LogP contribution is -2.39. The molecule has 128 valence electrons. The van der Waals surface area contributed by atoms with E-state index in [9.17, 15) is 9.18 Å². The Kier molecular flexibility index (Phi) is 4.17. The molecule has 0 N–H and O–H groups in total. The van der Waals surface area contributed by atoms with E-state index in [0.29, 0.717) is 12.3 Å².